The largest absolute Gasteiger partial charge is 0.478 e. The summed E-state index contributed by atoms with van der Waals surface area (Å²) in [6.07, 6.45) is 11.1. The molecule has 1 saturated heterocycles. The van der Waals surface area contributed by atoms with Crippen LogP contribution in [0, 0.1) is 0 Å². The summed E-state index contributed by atoms with van der Waals surface area (Å²) in [6, 6.07) is 0.748. The molecule has 0 aromatic carbocycles. The number of piperidine rings is 1. The van der Waals surface area contributed by atoms with E-state index in [9.17, 15) is 4.79 Å². The fourth-order valence-electron chi connectivity index (χ4n) is 3.51. The summed E-state index contributed by atoms with van der Waals surface area (Å²) in [5.74, 6) is 1.18. The Morgan fingerprint density at radius 1 is 1.08 bits per heavy atom. The zero-order chi connectivity index (χ0) is 16.8. The Morgan fingerprint density at radius 2 is 1.79 bits per heavy atom. The molecule has 0 atom stereocenters. The highest BCUT2D eigenvalue weighted by Gasteiger charge is 2.25. The maximum absolute atomic E-state index is 12.4. The van der Waals surface area contributed by atoms with E-state index in [1.54, 1.807) is 19.5 Å². The van der Waals surface area contributed by atoms with Gasteiger partial charge in [0.15, 0.2) is 5.82 Å². The van der Waals surface area contributed by atoms with Gasteiger partial charge in [0.2, 0.25) is 0 Å². The molecule has 0 radical (unpaired) electrons. The molecule has 1 saturated carbocycles. The van der Waals surface area contributed by atoms with E-state index in [-0.39, 0.29) is 12.1 Å². The Bertz CT molecular complexity index is 540. The smallest absolute Gasteiger partial charge is 0.317 e. The molecule has 3 rings (SSSR count). The van der Waals surface area contributed by atoms with Gasteiger partial charge < -0.3 is 20.3 Å². The molecule has 2 fully saturated rings. The number of nitrogens with zero attached hydrogens (tertiary/aromatic N) is 3. The lowest BCUT2D eigenvalue weighted by molar-refractivity contribution is 0.176. The van der Waals surface area contributed by atoms with Crippen molar-refractivity contribution in [2.45, 2.75) is 57.0 Å². The lowest BCUT2D eigenvalue weighted by Crippen LogP contribution is -2.49. The van der Waals surface area contributed by atoms with Crippen molar-refractivity contribution < 1.29 is 9.53 Å². The minimum absolute atomic E-state index is 0.0948. The Kier molecular flexibility index (Phi) is 5.72. The van der Waals surface area contributed by atoms with Gasteiger partial charge >= 0.3 is 6.03 Å². The van der Waals surface area contributed by atoms with Gasteiger partial charge in [0.05, 0.1) is 7.11 Å². The van der Waals surface area contributed by atoms with Crippen LogP contribution < -0.4 is 15.4 Å². The molecular formula is C17H27N5O2. The SMILES string of the molecule is COc1nccnc1NC1CCN(C(=O)NC2CCCCC2)CC1. The highest BCUT2D eigenvalue weighted by atomic mass is 16.5. The fourth-order valence-corrected chi connectivity index (χ4v) is 3.51. The number of hydrogen-bond donors (Lipinski definition) is 2. The van der Waals surface area contributed by atoms with Crippen molar-refractivity contribution in [3.63, 3.8) is 0 Å². The Balaban J connectivity index is 1.46. The molecule has 1 aliphatic heterocycles. The van der Waals surface area contributed by atoms with Crippen molar-refractivity contribution >= 4 is 11.8 Å². The van der Waals surface area contributed by atoms with E-state index in [0.29, 0.717) is 17.7 Å². The van der Waals surface area contributed by atoms with E-state index in [4.69, 9.17) is 4.74 Å². The number of likely N-dealkylation sites (tertiary alicyclic amines) is 1. The molecule has 7 nitrogen and oxygen atoms in total. The third-order valence-electron chi connectivity index (χ3n) is 4.91. The predicted molar refractivity (Wildman–Crippen MR) is 92.2 cm³/mol. The van der Waals surface area contributed by atoms with Crippen LogP contribution in [0.15, 0.2) is 12.4 Å². The molecule has 2 aliphatic rings. The zero-order valence-electron chi connectivity index (χ0n) is 14.3. The topological polar surface area (TPSA) is 79.4 Å². The number of ether oxygens (including phenoxy) is 1. The summed E-state index contributed by atoms with van der Waals surface area (Å²) in [4.78, 5) is 22.7. The number of carbonyl (C=O) groups excluding carboxylic acids is 1. The summed E-state index contributed by atoms with van der Waals surface area (Å²) in [5.41, 5.74) is 0. The molecule has 1 aromatic heterocycles. The van der Waals surface area contributed by atoms with Crippen LogP contribution in [0.25, 0.3) is 0 Å². The number of urea groups is 1. The van der Waals surface area contributed by atoms with Crippen LogP contribution in [0.4, 0.5) is 10.6 Å². The Hall–Kier alpha value is -2.05. The summed E-state index contributed by atoms with van der Waals surface area (Å²) >= 11 is 0. The van der Waals surface area contributed by atoms with Gasteiger partial charge in [0, 0.05) is 37.6 Å². The van der Waals surface area contributed by atoms with Gasteiger partial charge in [-0.3, -0.25) is 0 Å². The highest BCUT2D eigenvalue weighted by molar-refractivity contribution is 5.74. The molecule has 1 aromatic rings. The number of amides is 2. The van der Waals surface area contributed by atoms with Gasteiger partial charge in [-0.15, -0.1) is 0 Å². The van der Waals surface area contributed by atoms with Gasteiger partial charge in [-0.05, 0) is 25.7 Å². The summed E-state index contributed by atoms with van der Waals surface area (Å²) in [6.45, 7) is 1.53. The number of anilines is 1. The predicted octanol–water partition coefficient (Wildman–Crippen LogP) is 2.40. The maximum atomic E-state index is 12.4. The first-order valence-electron chi connectivity index (χ1n) is 8.93. The van der Waals surface area contributed by atoms with Crippen LogP contribution >= 0.6 is 0 Å². The number of rotatable bonds is 4. The Labute approximate surface area is 143 Å². The molecule has 2 heterocycles. The quantitative estimate of drug-likeness (QED) is 0.884. The average Bonchev–Trinajstić information content (AvgIpc) is 2.63. The van der Waals surface area contributed by atoms with Gasteiger partial charge in [0.25, 0.3) is 5.88 Å². The zero-order valence-corrected chi connectivity index (χ0v) is 14.3. The maximum Gasteiger partial charge on any atom is 0.317 e. The first-order chi connectivity index (χ1) is 11.8. The first-order valence-corrected chi connectivity index (χ1v) is 8.93. The summed E-state index contributed by atoms with van der Waals surface area (Å²) in [7, 11) is 1.59. The molecule has 7 heteroatoms. The van der Waals surface area contributed by atoms with Crippen molar-refractivity contribution in [1.82, 2.24) is 20.2 Å². The molecule has 2 amide bonds. The van der Waals surface area contributed by atoms with Gasteiger partial charge in [-0.2, -0.15) is 0 Å². The van der Waals surface area contributed by atoms with E-state index in [0.717, 1.165) is 38.8 Å². The second-order valence-corrected chi connectivity index (χ2v) is 6.60. The number of hydrogen-bond acceptors (Lipinski definition) is 5. The van der Waals surface area contributed by atoms with Crippen molar-refractivity contribution in [3.05, 3.63) is 12.4 Å². The average molecular weight is 333 g/mol. The first kappa shape index (κ1) is 16.8. The molecular weight excluding hydrogens is 306 g/mol. The summed E-state index contributed by atoms with van der Waals surface area (Å²) in [5, 5.41) is 6.58. The van der Waals surface area contributed by atoms with E-state index >= 15 is 0 Å². The normalized spacial score (nSPS) is 19.8. The molecule has 1 aliphatic carbocycles. The van der Waals surface area contributed by atoms with Crippen LogP contribution in [0.5, 0.6) is 5.88 Å². The Morgan fingerprint density at radius 3 is 2.50 bits per heavy atom. The molecule has 24 heavy (non-hydrogen) atoms. The van der Waals surface area contributed by atoms with Crippen molar-refractivity contribution in [3.8, 4) is 5.88 Å². The minimum atomic E-state index is 0.0948. The monoisotopic (exact) mass is 333 g/mol. The second-order valence-electron chi connectivity index (χ2n) is 6.60. The van der Waals surface area contributed by atoms with E-state index < -0.39 is 0 Å². The van der Waals surface area contributed by atoms with Gasteiger partial charge in [-0.1, -0.05) is 19.3 Å². The van der Waals surface area contributed by atoms with Gasteiger partial charge in [0.1, 0.15) is 0 Å². The minimum Gasteiger partial charge on any atom is -0.478 e. The van der Waals surface area contributed by atoms with Gasteiger partial charge in [-0.25, -0.2) is 14.8 Å². The fraction of sp³-hybridized carbons (Fsp3) is 0.706. The molecule has 132 valence electrons. The lowest BCUT2D eigenvalue weighted by Gasteiger charge is -2.34. The standard InChI is InChI=1S/C17H27N5O2/c1-24-16-15(18-9-10-19-16)20-14-7-11-22(12-8-14)17(23)21-13-5-3-2-4-6-13/h9-10,13-14H,2-8,11-12H2,1H3,(H,18,20)(H,21,23). The molecule has 0 bridgehead atoms. The number of aromatic nitrogens is 2. The number of nitrogens with one attached hydrogen (secondary N) is 2. The van der Waals surface area contributed by atoms with Crippen LogP contribution in [0.2, 0.25) is 0 Å². The van der Waals surface area contributed by atoms with E-state index in [1.165, 1.54) is 19.3 Å². The summed E-state index contributed by atoms with van der Waals surface area (Å²) < 4.78 is 5.22. The molecule has 2 N–H and O–H groups in total. The van der Waals surface area contributed by atoms with Crippen molar-refractivity contribution in [1.29, 1.82) is 0 Å². The van der Waals surface area contributed by atoms with Crippen LogP contribution in [0.1, 0.15) is 44.9 Å². The van der Waals surface area contributed by atoms with Crippen molar-refractivity contribution in [2.24, 2.45) is 0 Å². The number of methoxy groups -OCH3 is 1. The van der Waals surface area contributed by atoms with Crippen LogP contribution in [0.3, 0.4) is 0 Å². The van der Waals surface area contributed by atoms with Crippen LogP contribution in [-0.2, 0) is 0 Å². The highest BCUT2D eigenvalue weighted by Crippen LogP contribution is 2.22. The van der Waals surface area contributed by atoms with Crippen LogP contribution in [-0.4, -0.2) is 53.2 Å². The third kappa shape index (κ3) is 4.27. The second kappa shape index (κ2) is 8.17. The molecule has 0 spiro atoms. The van der Waals surface area contributed by atoms with Crippen molar-refractivity contribution in [2.75, 3.05) is 25.5 Å². The third-order valence-corrected chi connectivity index (χ3v) is 4.91. The van der Waals surface area contributed by atoms with E-state index in [1.807, 2.05) is 4.90 Å². The molecule has 0 unspecified atom stereocenters. The van der Waals surface area contributed by atoms with E-state index in [2.05, 4.69) is 20.6 Å². The number of carbonyl (C=O) groups is 1. The lowest BCUT2D eigenvalue weighted by atomic mass is 9.95.